The average Bonchev–Trinajstić information content (AvgIpc) is 3.59. The molecule has 1 saturated heterocycles. The van der Waals surface area contributed by atoms with Crippen LogP contribution in [0.15, 0.2) is 41.6 Å². The van der Waals surface area contributed by atoms with Gasteiger partial charge in [-0.2, -0.15) is 5.26 Å². The molecule has 1 aromatic heterocycles. The molecule has 0 spiro atoms. The highest BCUT2D eigenvalue weighted by Gasteiger charge is 2.65. The smallest absolute Gasteiger partial charge is 0.313 e. The van der Waals surface area contributed by atoms with E-state index in [9.17, 15) is 14.1 Å². The van der Waals surface area contributed by atoms with Crippen LogP contribution in [-0.4, -0.2) is 75.0 Å². The summed E-state index contributed by atoms with van der Waals surface area (Å²) in [5, 5.41) is 23.7. The zero-order valence-corrected chi connectivity index (χ0v) is 34.2. The maximum Gasteiger partial charge on any atom is 0.313 e. The number of hydrogen-bond acceptors (Lipinski definition) is 7. The Hall–Kier alpha value is -2.54. The minimum Gasteiger partial charge on any atom is -0.481 e. The molecule has 0 radical (unpaired) electrons. The highest BCUT2D eigenvalue weighted by atomic mass is 32.2. The van der Waals surface area contributed by atoms with E-state index in [4.69, 9.17) is 10.00 Å². The molecular formula is C45H64N4O4S. The lowest BCUT2D eigenvalue weighted by Gasteiger charge is -2.68. The molecule has 0 bridgehead atoms. The van der Waals surface area contributed by atoms with E-state index in [1.807, 2.05) is 0 Å². The van der Waals surface area contributed by atoms with Crippen LogP contribution < -0.4 is 10.1 Å². The fourth-order valence-corrected chi connectivity index (χ4v) is 15.4. The number of aromatic nitrogens is 1. The molecule has 1 aromatic rings. The number of fused-ring (bicyclic) bond motifs is 7. The van der Waals surface area contributed by atoms with Crippen molar-refractivity contribution in [1.82, 2.24) is 15.2 Å². The highest BCUT2D eigenvalue weighted by Crippen LogP contribution is 2.72. The molecule has 7 aliphatic rings. The number of hydrogen-bond donors (Lipinski definition) is 2. The molecule has 8 nitrogen and oxygen atoms in total. The average molecular weight is 757 g/mol. The van der Waals surface area contributed by atoms with Gasteiger partial charge >= 0.3 is 5.97 Å². The van der Waals surface area contributed by atoms with Gasteiger partial charge in [0.2, 0.25) is 5.88 Å². The van der Waals surface area contributed by atoms with Crippen molar-refractivity contribution in [2.45, 2.75) is 117 Å². The molecule has 9 heteroatoms. The Morgan fingerprint density at radius 1 is 0.981 bits per heavy atom. The van der Waals surface area contributed by atoms with Gasteiger partial charge in [0, 0.05) is 66.3 Å². The lowest BCUT2D eigenvalue weighted by atomic mass is 9.37. The van der Waals surface area contributed by atoms with Gasteiger partial charge < -0.3 is 20.1 Å². The summed E-state index contributed by atoms with van der Waals surface area (Å²) in [5.41, 5.74) is 3.30. The first-order chi connectivity index (χ1) is 25.8. The van der Waals surface area contributed by atoms with Gasteiger partial charge in [-0.05, 0) is 140 Å². The Balaban J connectivity index is 0.954. The zero-order chi connectivity index (χ0) is 37.9. The Morgan fingerprint density at radius 2 is 1.80 bits per heavy atom. The third-order valence-corrected chi connectivity index (χ3v) is 18.3. The van der Waals surface area contributed by atoms with Crippen LogP contribution in [-0.2, 0) is 15.6 Å². The van der Waals surface area contributed by atoms with Crippen molar-refractivity contribution in [2.24, 2.45) is 51.2 Å². The van der Waals surface area contributed by atoms with E-state index in [0.717, 1.165) is 74.2 Å². The zero-order valence-electron chi connectivity index (χ0n) is 33.3. The number of rotatable bonds is 9. The van der Waals surface area contributed by atoms with Gasteiger partial charge in [-0.1, -0.05) is 46.3 Å². The molecular weight excluding hydrogens is 693 g/mol. The lowest BCUT2D eigenvalue weighted by Crippen LogP contribution is -2.64. The number of allylic oxidation sites excluding steroid dienone is 4. The van der Waals surface area contributed by atoms with Gasteiger partial charge in [0.1, 0.15) is 18.1 Å². The molecule has 8 rings (SSSR count). The summed E-state index contributed by atoms with van der Waals surface area (Å²) in [7, 11) is -0.610. The summed E-state index contributed by atoms with van der Waals surface area (Å²) in [4.78, 5) is 19.4. The SMILES string of the molecule is CC1(C)C(C2=CCC(COc3ccc(C#N)cn3)(C(=O)O)CC2)=CCC2(C)C1CCC1(C)C3CCC4(NCCN5CCS(=O)CC5)CCC[C@@H]4C3CCC12. The monoisotopic (exact) mass is 756 g/mol. The number of carboxylic acids is 1. The number of nitrogens with one attached hydrogen (secondary N) is 1. The van der Waals surface area contributed by atoms with E-state index in [1.165, 1.54) is 75.1 Å². The minimum absolute atomic E-state index is 0.0314. The van der Waals surface area contributed by atoms with E-state index >= 15 is 0 Å². The van der Waals surface area contributed by atoms with Crippen molar-refractivity contribution in [3.8, 4) is 11.9 Å². The second kappa shape index (κ2) is 14.4. The Morgan fingerprint density at radius 3 is 2.50 bits per heavy atom. The van der Waals surface area contributed by atoms with Crippen LogP contribution in [0.25, 0.3) is 0 Å². The maximum absolute atomic E-state index is 12.7. The topological polar surface area (TPSA) is 116 Å². The number of aliphatic carboxylic acids is 1. The predicted molar refractivity (Wildman–Crippen MR) is 213 cm³/mol. The number of carbonyl (C=O) groups is 1. The summed E-state index contributed by atoms with van der Waals surface area (Å²) in [6.07, 6.45) is 21.3. The van der Waals surface area contributed by atoms with Crippen LogP contribution in [0.5, 0.6) is 5.88 Å². The van der Waals surface area contributed by atoms with Crippen LogP contribution in [0.1, 0.15) is 117 Å². The summed E-state index contributed by atoms with van der Waals surface area (Å²) in [5.74, 6) is 5.05. The number of carboxylic acid groups (broad SMARTS) is 1. The van der Waals surface area contributed by atoms with Gasteiger partial charge in [-0.15, -0.1) is 0 Å². The van der Waals surface area contributed by atoms with Gasteiger partial charge in [-0.3, -0.25) is 9.00 Å². The van der Waals surface area contributed by atoms with Crippen LogP contribution in [0.3, 0.4) is 0 Å². The number of ether oxygens (including phenoxy) is 1. The summed E-state index contributed by atoms with van der Waals surface area (Å²) in [6.45, 7) is 14.6. The molecule has 294 valence electrons. The molecule has 1 aliphatic heterocycles. The number of pyridine rings is 1. The fourth-order valence-electron chi connectivity index (χ4n) is 14.3. The van der Waals surface area contributed by atoms with E-state index in [0.29, 0.717) is 41.2 Å². The van der Waals surface area contributed by atoms with Crippen LogP contribution in [0.4, 0.5) is 0 Å². The van der Waals surface area contributed by atoms with E-state index in [2.05, 4.69) is 61.1 Å². The third kappa shape index (κ3) is 6.42. The van der Waals surface area contributed by atoms with Crippen LogP contribution in [0.2, 0.25) is 0 Å². The van der Waals surface area contributed by atoms with E-state index in [-0.39, 0.29) is 17.4 Å². The second-order valence-electron chi connectivity index (χ2n) is 19.7. The standard InChI is InChI=1S/C45H64N4O4S/c1-41(2)34(32-11-19-44(20-12-32,40(50)51)30-53-39-10-7-31(28-46)29-47-39)13-17-43(4)37(41)15-18-42(3)35-14-21-45(48-22-23-49-24-26-54(52)27-25-49)16-5-6-36(45)33(35)8-9-38(42)43/h7,10-11,13,29,33,35-38,48H,5-6,8-9,12,14-27,30H2,1-4H3,(H,50,51)/t33?,35?,36-,37?,38?,42?,43?,44?,45?/m1/s1. The second-order valence-corrected chi connectivity index (χ2v) is 21.4. The van der Waals surface area contributed by atoms with Crippen LogP contribution >= 0.6 is 0 Å². The quantitative estimate of drug-likeness (QED) is 0.261. The Labute approximate surface area is 326 Å². The Bertz CT molecular complexity index is 1720. The third-order valence-electron chi connectivity index (χ3n) is 17.0. The van der Waals surface area contributed by atoms with Crippen molar-refractivity contribution >= 4 is 16.8 Å². The molecule has 2 heterocycles. The molecule has 0 amide bonds. The predicted octanol–water partition coefficient (Wildman–Crippen LogP) is 7.92. The van der Waals surface area contributed by atoms with Gasteiger partial charge in [0.25, 0.3) is 0 Å². The summed E-state index contributed by atoms with van der Waals surface area (Å²) < 4.78 is 17.8. The van der Waals surface area contributed by atoms with Gasteiger partial charge in [0.05, 0.1) is 5.56 Å². The molecule has 9 atom stereocenters. The summed E-state index contributed by atoms with van der Waals surface area (Å²) >= 11 is 0. The molecule has 5 fully saturated rings. The molecule has 0 aromatic carbocycles. The molecule has 8 unspecified atom stereocenters. The largest absolute Gasteiger partial charge is 0.481 e. The molecule has 6 aliphatic carbocycles. The van der Waals surface area contributed by atoms with Crippen molar-refractivity contribution in [1.29, 1.82) is 5.26 Å². The molecule has 2 N–H and O–H groups in total. The van der Waals surface area contributed by atoms with Crippen LogP contribution in [0, 0.1) is 62.6 Å². The fraction of sp³-hybridized carbons (Fsp3) is 0.756. The van der Waals surface area contributed by atoms with Gasteiger partial charge in [0.15, 0.2) is 0 Å². The number of nitriles is 1. The minimum atomic E-state index is -0.985. The highest BCUT2D eigenvalue weighted by molar-refractivity contribution is 7.85. The van der Waals surface area contributed by atoms with Crippen molar-refractivity contribution in [3.05, 3.63) is 47.2 Å². The summed E-state index contributed by atoms with van der Waals surface area (Å²) in [6, 6.07) is 5.36. The Kier molecular flexibility index (Phi) is 10.3. The van der Waals surface area contributed by atoms with E-state index in [1.54, 1.807) is 12.1 Å². The first kappa shape index (κ1) is 38.3. The van der Waals surface area contributed by atoms with Gasteiger partial charge in [-0.25, -0.2) is 4.98 Å². The normalized spacial score (nSPS) is 40.5. The molecule has 4 saturated carbocycles. The van der Waals surface area contributed by atoms with Crippen molar-refractivity contribution in [2.75, 3.05) is 44.3 Å². The van der Waals surface area contributed by atoms with Crippen molar-refractivity contribution < 1.29 is 18.8 Å². The maximum atomic E-state index is 12.7. The van der Waals surface area contributed by atoms with Crippen molar-refractivity contribution in [3.63, 3.8) is 0 Å². The lowest BCUT2D eigenvalue weighted by molar-refractivity contribution is -0.175. The number of nitrogens with zero attached hydrogens (tertiary/aromatic N) is 3. The first-order valence-electron chi connectivity index (χ1n) is 21.3. The van der Waals surface area contributed by atoms with E-state index < -0.39 is 22.2 Å². The first-order valence-corrected chi connectivity index (χ1v) is 22.8. The molecule has 54 heavy (non-hydrogen) atoms.